The number of nitrogens with zero attached hydrogens (tertiary/aromatic N) is 2. The van der Waals surface area contributed by atoms with Gasteiger partial charge in [0.15, 0.2) is 0 Å². The first kappa shape index (κ1) is 12.0. The molecule has 0 fully saturated rings. The first-order valence-electron chi connectivity index (χ1n) is 3.69. The quantitative estimate of drug-likeness (QED) is 0.291. The maximum absolute atomic E-state index is 12.0. The Morgan fingerprint density at radius 2 is 2.08 bits per heavy atom. The SMILES string of the molecule is CCN(CC(F)(F)F)C(=NC)NN. The number of nitrogens with one attached hydrogen (secondary N) is 1. The van der Waals surface area contributed by atoms with Crippen molar-refractivity contribution in [2.24, 2.45) is 10.8 Å². The van der Waals surface area contributed by atoms with E-state index in [1.54, 1.807) is 6.92 Å². The van der Waals surface area contributed by atoms with Gasteiger partial charge < -0.3 is 4.90 Å². The molecule has 0 aromatic carbocycles. The molecule has 0 aliphatic rings. The van der Waals surface area contributed by atoms with E-state index in [-0.39, 0.29) is 12.5 Å². The number of hydrogen-bond acceptors (Lipinski definition) is 2. The van der Waals surface area contributed by atoms with Gasteiger partial charge in [-0.1, -0.05) is 0 Å². The highest BCUT2D eigenvalue weighted by Crippen LogP contribution is 2.16. The topological polar surface area (TPSA) is 53.6 Å². The van der Waals surface area contributed by atoms with Crippen molar-refractivity contribution in [3.05, 3.63) is 0 Å². The molecule has 0 aromatic rings. The number of halogens is 3. The zero-order chi connectivity index (χ0) is 10.5. The van der Waals surface area contributed by atoms with Gasteiger partial charge in [-0.3, -0.25) is 10.4 Å². The number of hydrazine groups is 1. The van der Waals surface area contributed by atoms with Crippen LogP contribution in [0.4, 0.5) is 13.2 Å². The fourth-order valence-corrected chi connectivity index (χ4v) is 0.850. The average Bonchev–Trinajstić information content (AvgIpc) is 2.02. The average molecular weight is 198 g/mol. The number of nitrogens with two attached hydrogens (primary N) is 1. The molecule has 0 aromatic heterocycles. The van der Waals surface area contributed by atoms with Crippen LogP contribution in [0.25, 0.3) is 0 Å². The van der Waals surface area contributed by atoms with Gasteiger partial charge in [0.25, 0.3) is 0 Å². The zero-order valence-electron chi connectivity index (χ0n) is 7.52. The van der Waals surface area contributed by atoms with E-state index in [0.29, 0.717) is 0 Å². The second-order valence-electron chi connectivity index (χ2n) is 2.32. The fraction of sp³-hybridized carbons (Fsp3) is 0.833. The van der Waals surface area contributed by atoms with Crippen molar-refractivity contribution in [2.45, 2.75) is 13.1 Å². The lowest BCUT2D eigenvalue weighted by Crippen LogP contribution is -2.48. The molecule has 0 spiro atoms. The molecule has 0 heterocycles. The first-order valence-corrected chi connectivity index (χ1v) is 3.69. The lowest BCUT2D eigenvalue weighted by Gasteiger charge is -2.24. The van der Waals surface area contributed by atoms with E-state index in [0.717, 1.165) is 4.90 Å². The second-order valence-corrected chi connectivity index (χ2v) is 2.32. The summed E-state index contributed by atoms with van der Waals surface area (Å²) in [6.45, 7) is 0.727. The van der Waals surface area contributed by atoms with Crippen LogP contribution in [0.5, 0.6) is 0 Å². The van der Waals surface area contributed by atoms with Gasteiger partial charge in [-0.25, -0.2) is 5.84 Å². The summed E-state index contributed by atoms with van der Waals surface area (Å²) in [6, 6.07) is 0. The van der Waals surface area contributed by atoms with Crippen LogP contribution in [0.1, 0.15) is 6.92 Å². The summed E-state index contributed by atoms with van der Waals surface area (Å²) >= 11 is 0. The summed E-state index contributed by atoms with van der Waals surface area (Å²) in [4.78, 5) is 4.57. The lowest BCUT2D eigenvalue weighted by atomic mass is 10.5. The third kappa shape index (κ3) is 4.56. The molecule has 3 N–H and O–H groups in total. The summed E-state index contributed by atoms with van der Waals surface area (Å²) in [7, 11) is 1.37. The molecule has 78 valence electrons. The van der Waals surface area contributed by atoms with Gasteiger partial charge in [0, 0.05) is 13.6 Å². The van der Waals surface area contributed by atoms with Crippen molar-refractivity contribution in [1.82, 2.24) is 10.3 Å². The molecule has 7 heteroatoms. The van der Waals surface area contributed by atoms with Gasteiger partial charge in [-0.15, -0.1) is 0 Å². The van der Waals surface area contributed by atoms with Gasteiger partial charge in [0.2, 0.25) is 5.96 Å². The second kappa shape index (κ2) is 4.90. The molecule has 0 unspecified atom stereocenters. The number of rotatable bonds is 2. The van der Waals surface area contributed by atoms with Gasteiger partial charge in [0.05, 0.1) is 0 Å². The van der Waals surface area contributed by atoms with Crippen molar-refractivity contribution in [3.63, 3.8) is 0 Å². The van der Waals surface area contributed by atoms with Gasteiger partial charge in [-0.05, 0) is 6.92 Å². The van der Waals surface area contributed by atoms with E-state index in [1.807, 2.05) is 0 Å². The van der Waals surface area contributed by atoms with Crippen LogP contribution in [0.15, 0.2) is 4.99 Å². The van der Waals surface area contributed by atoms with Crippen LogP contribution in [-0.4, -0.2) is 37.2 Å². The summed E-state index contributed by atoms with van der Waals surface area (Å²) in [5.74, 6) is 5.02. The van der Waals surface area contributed by atoms with Crippen LogP contribution in [-0.2, 0) is 0 Å². The van der Waals surface area contributed by atoms with Crippen molar-refractivity contribution < 1.29 is 13.2 Å². The van der Waals surface area contributed by atoms with Crippen molar-refractivity contribution >= 4 is 5.96 Å². The van der Waals surface area contributed by atoms with E-state index in [2.05, 4.69) is 10.4 Å². The number of alkyl halides is 3. The van der Waals surface area contributed by atoms with E-state index in [4.69, 9.17) is 5.84 Å². The van der Waals surface area contributed by atoms with Crippen LogP contribution >= 0.6 is 0 Å². The summed E-state index contributed by atoms with van der Waals surface area (Å²) in [5.41, 5.74) is 2.10. The third-order valence-electron chi connectivity index (χ3n) is 1.39. The predicted molar refractivity (Wildman–Crippen MR) is 44.0 cm³/mol. The molecule has 0 saturated carbocycles. The largest absolute Gasteiger partial charge is 0.406 e. The summed E-state index contributed by atoms with van der Waals surface area (Å²) in [6.07, 6.45) is -4.25. The fourth-order valence-electron chi connectivity index (χ4n) is 0.850. The predicted octanol–water partition coefficient (Wildman–Crippen LogP) is 0.320. The van der Waals surface area contributed by atoms with Gasteiger partial charge in [0.1, 0.15) is 6.54 Å². The van der Waals surface area contributed by atoms with Crippen molar-refractivity contribution in [1.29, 1.82) is 0 Å². The minimum atomic E-state index is -4.25. The Morgan fingerprint density at radius 3 is 2.31 bits per heavy atom. The molecule has 13 heavy (non-hydrogen) atoms. The first-order chi connectivity index (χ1) is 5.94. The van der Waals surface area contributed by atoms with Crippen molar-refractivity contribution in [2.75, 3.05) is 20.1 Å². The highest BCUT2D eigenvalue weighted by atomic mass is 19.4. The monoisotopic (exact) mass is 198 g/mol. The van der Waals surface area contributed by atoms with Crippen LogP contribution in [0.2, 0.25) is 0 Å². The molecule has 0 saturated heterocycles. The smallest absolute Gasteiger partial charge is 0.333 e. The highest BCUT2D eigenvalue weighted by Gasteiger charge is 2.31. The molecule has 0 atom stereocenters. The Morgan fingerprint density at radius 1 is 1.54 bits per heavy atom. The molecule has 0 rings (SSSR count). The highest BCUT2D eigenvalue weighted by molar-refractivity contribution is 5.79. The molecule has 0 aliphatic heterocycles. The summed E-state index contributed by atoms with van der Waals surface area (Å²) in [5, 5.41) is 0. The number of hydrogen-bond donors (Lipinski definition) is 2. The van der Waals surface area contributed by atoms with E-state index >= 15 is 0 Å². The van der Waals surface area contributed by atoms with Gasteiger partial charge >= 0.3 is 6.18 Å². The van der Waals surface area contributed by atoms with E-state index in [1.165, 1.54) is 7.05 Å². The maximum atomic E-state index is 12.0. The minimum absolute atomic E-state index is 0.0276. The van der Waals surface area contributed by atoms with E-state index < -0.39 is 12.7 Å². The molecular weight excluding hydrogens is 185 g/mol. The van der Waals surface area contributed by atoms with Crippen LogP contribution in [0, 0.1) is 0 Å². The van der Waals surface area contributed by atoms with E-state index in [9.17, 15) is 13.2 Å². The number of aliphatic imine (C=N–C) groups is 1. The van der Waals surface area contributed by atoms with Crippen LogP contribution in [0.3, 0.4) is 0 Å². The molecule has 0 amide bonds. The Bertz CT molecular complexity index is 177. The molecule has 0 radical (unpaired) electrons. The molecular formula is C6H13F3N4. The third-order valence-corrected chi connectivity index (χ3v) is 1.39. The molecule has 0 bridgehead atoms. The Kier molecular flexibility index (Phi) is 4.53. The van der Waals surface area contributed by atoms with Gasteiger partial charge in [-0.2, -0.15) is 13.2 Å². The number of guanidine groups is 1. The standard InChI is InChI=1S/C6H13F3N4/c1-3-13(4-6(7,8)9)5(11-2)12-10/h3-4,10H2,1-2H3,(H,11,12). The Hall–Kier alpha value is -0.980. The van der Waals surface area contributed by atoms with Crippen LogP contribution < -0.4 is 11.3 Å². The Balaban J connectivity index is 4.34. The zero-order valence-corrected chi connectivity index (χ0v) is 7.52. The maximum Gasteiger partial charge on any atom is 0.406 e. The Labute approximate surface area is 74.6 Å². The lowest BCUT2D eigenvalue weighted by molar-refractivity contribution is -0.137. The minimum Gasteiger partial charge on any atom is -0.333 e. The molecule has 4 nitrogen and oxygen atoms in total. The summed E-state index contributed by atoms with van der Waals surface area (Å²) < 4.78 is 35.9. The molecule has 0 aliphatic carbocycles. The van der Waals surface area contributed by atoms with Crippen molar-refractivity contribution in [3.8, 4) is 0 Å². The normalized spacial score (nSPS) is 12.9.